The summed E-state index contributed by atoms with van der Waals surface area (Å²) in [7, 11) is 0. The van der Waals surface area contributed by atoms with Crippen molar-refractivity contribution in [1.29, 1.82) is 0 Å². The number of benzene rings is 3. The van der Waals surface area contributed by atoms with Gasteiger partial charge in [-0.05, 0) is 83.6 Å². The monoisotopic (exact) mass is 681 g/mol. The van der Waals surface area contributed by atoms with Crippen LogP contribution >= 0.6 is 0 Å². The molecule has 3 heterocycles. The normalized spacial score (nSPS) is 18.1. The second-order valence-electron chi connectivity index (χ2n) is 12.4. The number of carbonyl (C=O) groups excluding carboxylic acids is 1. The van der Waals surface area contributed by atoms with Crippen LogP contribution in [-0.2, 0) is 29.3 Å². The van der Waals surface area contributed by atoms with Gasteiger partial charge in [-0.1, -0.05) is 6.07 Å². The fraction of sp³-hybridized carbons (Fsp3) is 0.306. The number of likely N-dealkylation sites (tertiary alicyclic amines) is 1. The van der Waals surface area contributed by atoms with Crippen LogP contribution in [0.2, 0.25) is 0 Å². The van der Waals surface area contributed by atoms with E-state index < -0.39 is 66.2 Å². The SMILES string of the molecule is Cc1cc2cc(c1F)[C@H](CC(=O)O)NC(=O)[C@@H](n1cc(CCN3CC(F)C3)c(CF)cc1=O)c1cc(ccc1F)COc1ccc(F)cc1-2. The van der Waals surface area contributed by atoms with Crippen LogP contribution in [0.1, 0.15) is 51.9 Å². The number of carboxylic acids is 1. The van der Waals surface area contributed by atoms with E-state index in [0.29, 0.717) is 17.7 Å². The van der Waals surface area contributed by atoms with Crippen LogP contribution in [0.15, 0.2) is 65.6 Å². The Balaban J connectivity index is 1.53. The zero-order valence-electron chi connectivity index (χ0n) is 26.3. The highest BCUT2D eigenvalue weighted by atomic mass is 19.1. The van der Waals surface area contributed by atoms with Crippen molar-refractivity contribution in [2.45, 2.75) is 51.3 Å². The summed E-state index contributed by atoms with van der Waals surface area (Å²) in [5, 5.41) is 12.3. The van der Waals surface area contributed by atoms with Gasteiger partial charge in [0.1, 0.15) is 48.7 Å². The number of nitrogens with one attached hydrogen (secondary N) is 1. The minimum atomic E-state index is -1.76. The molecule has 2 atom stereocenters. The van der Waals surface area contributed by atoms with E-state index in [2.05, 4.69) is 5.32 Å². The molecule has 49 heavy (non-hydrogen) atoms. The molecule has 4 bridgehead atoms. The highest BCUT2D eigenvalue weighted by molar-refractivity contribution is 5.85. The quantitative estimate of drug-likeness (QED) is 0.242. The third-order valence-corrected chi connectivity index (χ3v) is 8.90. The van der Waals surface area contributed by atoms with Crippen LogP contribution in [0.25, 0.3) is 11.1 Å². The number of amides is 1. The molecular weight excluding hydrogens is 649 g/mol. The zero-order valence-corrected chi connectivity index (χ0v) is 26.3. The van der Waals surface area contributed by atoms with Crippen molar-refractivity contribution in [2.75, 3.05) is 19.6 Å². The number of carboxylic acid groups (broad SMARTS) is 1. The van der Waals surface area contributed by atoms with Gasteiger partial charge >= 0.3 is 5.97 Å². The van der Waals surface area contributed by atoms with Gasteiger partial charge in [-0.15, -0.1) is 0 Å². The van der Waals surface area contributed by atoms with Crippen molar-refractivity contribution in [2.24, 2.45) is 0 Å². The summed E-state index contributed by atoms with van der Waals surface area (Å²) in [5.74, 6) is -4.59. The van der Waals surface area contributed by atoms with Crippen LogP contribution in [0.3, 0.4) is 0 Å². The number of aliphatic carboxylic acids is 1. The summed E-state index contributed by atoms with van der Waals surface area (Å²) in [6.45, 7) is 0.992. The number of halogens is 5. The van der Waals surface area contributed by atoms with Gasteiger partial charge in [0.25, 0.3) is 5.56 Å². The highest BCUT2D eigenvalue weighted by Gasteiger charge is 2.33. The molecule has 1 saturated heterocycles. The average Bonchev–Trinajstić information content (AvgIpc) is 3.04. The minimum Gasteiger partial charge on any atom is -0.488 e. The van der Waals surface area contributed by atoms with Crippen molar-refractivity contribution in [3.05, 3.63) is 122 Å². The van der Waals surface area contributed by atoms with Crippen LogP contribution in [0.4, 0.5) is 22.0 Å². The zero-order chi connectivity index (χ0) is 35.0. The van der Waals surface area contributed by atoms with Crippen molar-refractivity contribution < 1.29 is 41.4 Å². The van der Waals surface area contributed by atoms with Gasteiger partial charge in [0, 0.05) is 48.6 Å². The van der Waals surface area contributed by atoms with Crippen LogP contribution < -0.4 is 15.6 Å². The number of nitrogens with zero attached hydrogens (tertiary/aromatic N) is 2. The molecule has 1 amide bonds. The Labute approximate surface area is 277 Å². The number of pyridine rings is 1. The first-order chi connectivity index (χ1) is 23.4. The third kappa shape index (κ3) is 7.07. The van der Waals surface area contributed by atoms with Gasteiger partial charge in [0.05, 0.1) is 12.5 Å². The predicted molar refractivity (Wildman–Crippen MR) is 169 cm³/mol. The molecule has 0 unspecified atom stereocenters. The van der Waals surface area contributed by atoms with Gasteiger partial charge < -0.3 is 15.2 Å². The van der Waals surface area contributed by atoms with E-state index in [1.165, 1.54) is 55.6 Å². The predicted octanol–water partition coefficient (Wildman–Crippen LogP) is 5.72. The topological polar surface area (TPSA) is 101 Å². The number of aryl methyl sites for hydroxylation is 1. The molecule has 3 aromatic carbocycles. The molecule has 256 valence electrons. The standard InChI is InChI=1S/C36H32F5N3O5/c1-19-8-22-10-28(34(19)41)30(13-33(46)47)42-36(48)35(44-15-21(23(14-37)11-32(44)45)6-7-43-16-25(39)17-43)27-9-20(2-4-29(27)40)18-49-31-5-3-24(38)12-26(22)31/h2-5,8-12,15,25,30,35H,6-7,13-14,16-18H2,1H3,(H,42,48)(H,46,47)/t30-,35-/m0/s1. The minimum absolute atomic E-state index is 0.0516. The Bertz CT molecular complexity index is 1990. The molecule has 1 aromatic heterocycles. The number of rotatable bonds is 7. The fourth-order valence-corrected chi connectivity index (χ4v) is 6.34. The maximum Gasteiger partial charge on any atom is 0.305 e. The average molecular weight is 682 g/mol. The molecule has 2 aliphatic rings. The lowest BCUT2D eigenvalue weighted by atomic mass is 9.93. The molecule has 13 heteroatoms. The van der Waals surface area contributed by atoms with E-state index in [-0.39, 0.29) is 65.2 Å². The second kappa shape index (κ2) is 13.8. The third-order valence-electron chi connectivity index (χ3n) is 8.90. The van der Waals surface area contributed by atoms with Gasteiger partial charge in [-0.3, -0.25) is 23.9 Å². The van der Waals surface area contributed by atoms with E-state index in [0.717, 1.165) is 16.7 Å². The lowest BCUT2D eigenvalue weighted by Crippen LogP contribution is -2.49. The number of fused-ring (bicyclic) bond motifs is 6. The number of carbonyl (C=O) groups is 2. The Kier molecular flexibility index (Phi) is 9.55. The molecule has 0 saturated carbocycles. The first-order valence-corrected chi connectivity index (χ1v) is 15.6. The number of alkyl halides is 2. The van der Waals surface area contributed by atoms with Gasteiger partial charge in [0.2, 0.25) is 5.91 Å². The number of ether oxygens (including phenoxy) is 1. The van der Waals surface area contributed by atoms with Crippen LogP contribution in [0, 0.1) is 24.4 Å². The smallest absolute Gasteiger partial charge is 0.305 e. The molecule has 6 rings (SSSR count). The van der Waals surface area contributed by atoms with E-state index in [9.17, 15) is 32.7 Å². The Morgan fingerprint density at radius 2 is 1.78 bits per heavy atom. The molecule has 0 spiro atoms. The molecule has 4 aromatic rings. The van der Waals surface area contributed by atoms with Crippen molar-refractivity contribution in [3.8, 4) is 16.9 Å². The summed E-state index contributed by atoms with van der Waals surface area (Å²) in [6, 6.07) is 7.95. The molecule has 2 N–H and O–H groups in total. The summed E-state index contributed by atoms with van der Waals surface area (Å²) in [5.41, 5.74) is -0.0532. The summed E-state index contributed by atoms with van der Waals surface area (Å²) in [4.78, 5) is 41.7. The van der Waals surface area contributed by atoms with Gasteiger partial charge in [0.15, 0.2) is 0 Å². The fourth-order valence-electron chi connectivity index (χ4n) is 6.34. The summed E-state index contributed by atoms with van der Waals surface area (Å²) >= 11 is 0. The van der Waals surface area contributed by atoms with Crippen LogP contribution in [-0.4, -0.2) is 52.3 Å². The molecule has 2 aliphatic heterocycles. The lowest BCUT2D eigenvalue weighted by Gasteiger charge is -2.34. The van der Waals surface area contributed by atoms with Gasteiger partial charge in [-0.2, -0.15) is 0 Å². The molecule has 8 nitrogen and oxygen atoms in total. The Morgan fingerprint density at radius 1 is 1.00 bits per heavy atom. The molecular formula is C36H32F5N3O5. The largest absolute Gasteiger partial charge is 0.488 e. The van der Waals surface area contributed by atoms with E-state index in [4.69, 9.17) is 4.74 Å². The Morgan fingerprint density at radius 3 is 2.49 bits per heavy atom. The lowest BCUT2D eigenvalue weighted by molar-refractivity contribution is -0.137. The van der Waals surface area contributed by atoms with Gasteiger partial charge in [-0.25, -0.2) is 22.0 Å². The first kappa shape index (κ1) is 33.8. The van der Waals surface area contributed by atoms with Crippen molar-refractivity contribution >= 4 is 11.9 Å². The Hall–Kier alpha value is -5.04. The summed E-state index contributed by atoms with van der Waals surface area (Å²) < 4.78 is 80.5. The first-order valence-electron chi connectivity index (χ1n) is 15.6. The van der Waals surface area contributed by atoms with E-state index in [1.54, 1.807) is 4.90 Å². The van der Waals surface area contributed by atoms with Crippen molar-refractivity contribution in [1.82, 2.24) is 14.8 Å². The maximum absolute atomic E-state index is 15.8. The van der Waals surface area contributed by atoms with E-state index in [1.807, 2.05) is 0 Å². The molecule has 0 radical (unpaired) electrons. The van der Waals surface area contributed by atoms with E-state index >= 15 is 8.78 Å². The highest BCUT2D eigenvalue weighted by Crippen LogP contribution is 2.37. The molecule has 0 aliphatic carbocycles. The van der Waals surface area contributed by atoms with Crippen LogP contribution in [0.5, 0.6) is 5.75 Å². The van der Waals surface area contributed by atoms with Crippen molar-refractivity contribution in [3.63, 3.8) is 0 Å². The molecule has 1 fully saturated rings. The summed E-state index contributed by atoms with van der Waals surface area (Å²) in [6.07, 6.45) is -0.331. The number of hydrogen-bond donors (Lipinski definition) is 2. The number of aromatic nitrogens is 1. The maximum atomic E-state index is 15.8. The second-order valence-corrected chi connectivity index (χ2v) is 12.4. The number of hydrogen-bond acceptors (Lipinski definition) is 5.